The zero-order chi connectivity index (χ0) is 26.9. The van der Waals surface area contributed by atoms with Crippen molar-refractivity contribution in [1.29, 1.82) is 0 Å². The first-order chi connectivity index (χ1) is 18.2. The number of nitrogens with zero attached hydrogens (tertiary/aromatic N) is 1. The number of nitrogens with one attached hydrogen (secondary N) is 1. The Balaban J connectivity index is 1.34. The van der Waals surface area contributed by atoms with Gasteiger partial charge in [-0.15, -0.1) is 0 Å². The lowest BCUT2D eigenvalue weighted by Crippen LogP contribution is -2.39. The van der Waals surface area contributed by atoms with Gasteiger partial charge in [0.1, 0.15) is 11.9 Å². The molecule has 0 saturated carbocycles. The van der Waals surface area contributed by atoms with Crippen LogP contribution in [0.4, 0.5) is 24.5 Å². The Kier molecular flexibility index (Phi) is 6.99. The molecule has 196 valence electrons. The highest BCUT2D eigenvalue weighted by Gasteiger charge is 2.36. The average molecular weight is 521 g/mol. The molecule has 38 heavy (non-hydrogen) atoms. The normalized spacial score (nSPS) is 16.1. The molecule has 1 aliphatic rings. The van der Waals surface area contributed by atoms with Crippen LogP contribution in [-0.4, -0.2) is 30.3 Å². The maximum atomic E-state index is 13.4. The summed E-state index contributed by atoms with van der Waals surface area (Å²) >= 11 is 0. The van der Waals surface area contributed by atoms with E-state index in [0.717, 1.165) is 12.1 Å². The highest BCUT2D eigenvalue weighted by Crippen LogP contribution is 2.41. The Bertz CT molecular complexity index is 1470. The fourth-order valence-corrected chi connectivity index (χ4v) is 5.02. The van der Waals surface area contributed by atoms with E-state index in [1.807, 2.05) is 47.4 Å². The molecule has 4 aromatic carbocycles. The van der Waals surface area contributed by atoms with Crippen LogP contribution in [0.1, 0.15) is 40.9 Å². The zero-order valence-electron chi connectivity index (χ0n) is 20.7. The SMILES string of the molecule is C[C@@H](NCCC1CN(c2ccc(C(F)(F)F)c(C(=O)O)c2)c2ccccc2O1)c1cccc2ccccc12. The number of alkyl halides is 3. The minimum Gasteiger partial charge on any atom is -0.486 e. The number of halogens is 3. The number of ether oxygens (including phenoxy) is 1. The topological polar surface area (TPSA) is 61.8 Å². The third kappa shape index (κ3) is 5.17. The summed E-state index contributed by atoms with van der Waals surface area (Å²) in [5.41, 5.74) is 0.301. The number of carboxylic acids is 1. The van der Waals surface area contributed by atoms with E-state index in [9.17, 15) is 23.1 Å². The van der Waals surface area contributed by atoms with Gasteiger partial charge in [0.15, 0.2) is 0 Å². The summed E-state index contributed by atoms with van der Waals surface area (Å²) in [5, 5.41) is 15.4. The largest absolute Gasteiger partial charge is 0.486 e. The fourth-order valence-electron chi connectivity index (χ4n) is 5.02. The molecule has 0 amide bonds. The predicted octanol–water partition coefficient (Wildman–Crippen LogP) is 7.20. The first kappa shape index (κ1) is 25.6. The van der Waals surface area contributed by atoms with E-state index in [1.54, 1.807) is 0 Å². The van der Waals surface area contributed by atoms with Crippen molar-refractivity contribution in [2.24, 2.45) is 0 Å². The number of hydrogen-bond acceptors (Lipinski definition) is 4. The minimum absolute atomic E-state index is 0.0983. The third-order valence-electron chi connectivity index (χ3n) is 6.89. The maximum absolute atomic E-state index is 13.4. The number of hydrogen-bond donors (Lipinski definition) is 2. The van der Waals surface area contributed by atoms with E-state index in [4.69, 9.17) is 4.74 Å². The number of para-hydroxylation sites is 2. The third-order valence-corrected chi connectivity index (χ3v) is 6.89. The average Bonchev–Trinajstić information content (AvgIpc) is 2.91. The number of aromatic carboxylic acids is 1. The highest BCUT2D eigenvalue weighted by molar-refractivity contribution is 5.91. The van der Waals surface area contributed by atoms with Crippen molar-refractivity contribution in [2.45, 2.75) is 31.7 Å². The first-order valence-electron chi connectivity index (χ1n) is 12.4. The van der Waals surface area contributed by atoms with E-state index in [0.29, 0.717) is 36.6 Å². The predicted molar refractivity (Wildman–Crippen MR) is 141 cm³/mol. The van der Waals surface area contributed by atoms with Crippen LogP contribution in [-0.2, 0) is 6.18 Å². The number of carboxylic acid groups (broad SMARTS) is 1. The van der Waals surface area contributed by atoms with Crippen molar-refractivity contribution in [2.75, 3.05) is 18.0 Å². The second-order valence-electron chi connectivity index (χ2n) is 9.38. The molecule has 0 spiro atoms. The molecule has 2 atom stereocenters. The summed E-state index contributed by atoms with van der Waals surface area (Å²) in [4.78, 5) is 13.5. The minimum atomic E-state index is -4.76. The molecule has 0 radical (unpaired) electrons. The van der Waals surface area contributed by atoms with Crippen molar-refractivity contribution in [3.05, 3.63) is 102 Å². The van der Waals surface area contributed by atoms with Crippen LogP contribution < -0.4 is 15.0 Å². The molecule has 0 aromatic heterocycles. The molecule has 0 bridgehead atoms. The van der Waals surface area contributed by atoms with Crippen molar-refractivity contribution >= 4 is 28.1 Å². The number of anilines is 2. The fraction of sp³-hybridized carbons (Fsp3) is 0.233. The molecule has 2 N–H and O–H groups in total. The summed E-state index contributed by atoms with van der Waals surface area (Å²) in [6.45, 7) is 3.13. The Hall–Kier alpha value is -4.04. The van der Waals surface area contributed by atoms with Crippen molar-refractivity contribution in [3.8, 4) is 5.75 Å². The Morgan fingerprint density at radius 2 is 1.79 bits per heavy atom. The van der Waals surface area contributed by atoms with Crippen molar-refractivity contribution in [3.63, 3.8) is 0 Å². The molecule has 1 heterocycles. The molecule has 1 aliphatic heterocycles. The molecule has 1 unspecified atom stereocenters. The second-order valence-corrected chi connectivity index (χ2v) is 9.38. The van der Waals surface area contributed by atoms with Gasteiger partial charge < -0.3 is 20.1 Å². The molecular formula is C30H27F3N2O3. The van der Waals surface area contributed by atoms with Gasteiger partial charge in [-0.3, -0.25) is 0 Å². The summed E-state index contributed by atoms with van der Waals surface area (Å²) in [5.74, 6) is -1.02. The molecule has 4 aromatic rings. The molecule has 0 aliphatic carbocycles. The first-order valence-corrected chi connectivity index (χ1v) is 12.4. The van der Waals surface area contributed by atoms with Gasteiger partial charge in [-0.1, -0.05) is 54.6 Å². The van der Waals surface area contributed by atoms with E-state index in [2.05, 4.69) is 36.5 Å². The van der Waals surface area contributed by atoms with E-state index >= 15 is 0 Å². The standard InChI is InChI=1S/C30H27F3N2O3/c1-19(23-10-6-8-20-7-2-3-9-24(20)23)34-16-15-22-18-35(27-11-4-5-12-28(27)38-22)21-13-14-26(30(31,32)33)25(17-21)29(36)37/h2-14,17,19,22,34H,15-16,18H2,1H3,(H,36,37)/t19-,22?/m1/s1. The van der Waals surface area contributed by atoms with Crippen molar-refractivity contribution in [1.82, 2.24) is 5.32 Å². The molecule has 0 fully saturated rings. The zero-order valence-corrected chi connectivity index (χ0v) is 20.7. The lowest BCUT2D eigenvalue weighted by molar-refractivity contribution is -0.138. The Morgan fingerprint density at radius 3 is 2.58 bits per heavy atom. The van der Waals surface area contributed by atoms with Crippen LogP contribution in [0, 0.1) is 0 Å². The van der Waals surface area contributed by atoms with Gasteiger partial charge in [0.2, 0.25) is 0 Å². The van der Waals surface area contributed by atoms with Crippen LogP contribution in [0.5, 0.6) is 5.75 Å². The number of fused-ring (bicyclic) bond motifs is 2. The molecule has 8 heteroatoms. The van der Waals surface area contributed by atoms with Gasteiger partial charge >= 0.3 is 12.1 Å². The molecular weight excluding hydrogens is 493 g/mol. The number of benzene rings is 4. The van der Waals surface area contributed by atoms with Crippen LogP contribution in [0.15, 0.2) is 84.9 Å². The van der Waals surface area contributed by atoms with Crippen LogP contribution >= 0.6 is 0 Å². The second kappa shape index (κ2) is 10.4. The summed E-state index contributed by atoms with van der Waals surface area (Å²) in [6, 6.07) is 25.1. The Labute approximate surface area is 218 Å². The number of carbonyl (C=O) groups is 1. The van der Waals surface area contributed by atoms with Gasteiger partial charge in [0, 0.05) is 11.7 Å². The van der Waals surface area contributed by atoms with E-state index in [1.165, 1.54) is 22.4 Å². The van der Waals surface area contributed by atoms with Gasteiger partial charge in [0.25, 0.3) is 0 Å². The van der Waals surface area contributed by atoms with Gasteiger partial charge in [-0.25, -0.2) is 4.79 Å². The lowest BCUT2D eigenvalue weighted by atomic mass is 9.99. The van der Waals surface area contributed by atoms with Crippen LogP contribution in [0.25, 0.3) is 10.8 Å². The summed E-state index contributed by atoms with van der Waals surface area (Å²) in [6.07, 6.45) is -4.37. The summed E-state index contributed by atoms with van der Waals surface area (Å²) < 4.78 is 46.4. The molecule has 0 saturated heterocycles. The lowest BCUT2D eigenvalue weighted by Gasteiger charge is -2.37. The highest BCUT2D eigenvalue weighted by atomic mass is 19.4. The van der Waals surface area contributed by atoms with Crippen molar-refractivity contribution < 1.29 is 27.8 Å². The van der Waals surface area contributed by atoms with Gasteiger partial charge in [-0.05, 0) is 66.6 Å². The van der Waals surface area contributed by atoms with E-state index in [-0.39, 0.29) is 12.1 Å². The monoisotopic (exact) mass is 520 g/mol. The maximum Gasteiger partial charge on any atom is 0.417 e. The van der Waals surface area contributed by atoms with E-state index < -0.39 is 23.3 Å². The van der Waals surface area contributed by atoms with Crippen LogP contribution in [0.3, 0.4) is 0 Å². The Morgan fingerprint density at radius 1 is 1.05 bits per heavy atom. The van der Waals surface area contributed by atoms with Crippen LogP contribution in [0.2, 0.25) is 0 Å². The molecule has 5 nitrogen and oxygen atoms in total. The number of rotatable bonds is 7. The molecule has 5 rings (SSSR count). The van der Waals surface area contributed by atoms with Gasteiger partial charge in [-0.2, -0.15) is 13.2 Å². The smallest absolute Gasteiger partial charge is 0.417 e. The van der Waals surface area contributed by atoms with Gasteiger partial charge in [0.05, 0.1) is 23.4 Å². The quantitative estimate of drug-likeness (QED) is 0.270. The summed E-state index contributed by atoms with van der Waals surface area (Å²) in [7, 11) is 0.